The van der Waals surface area contributed by atoms with Gasteiger partial charge in [-0.05, 0) is 94.1 Å². The Labute approximate surface area is 282 Å². The summed E-state index contributed by atoms with van der Waals surface area (Å²) in [5.41, 5.74) is 2.61. The second kappa shape index (κ2) is 12.2. The zero-order chi connectivity index (χ0) is 33.9. The summed E-state index contributed by atoms with van der Waals surface area (Å²) in [5.74, 6) is 4.42. The first-order valence-electron chi connectivity index (χ1n) is 18.0. The summed E-state index contributed by atoms with van der Waals surface area (Å²) in [7, 11) is 0. The maximum absolute atomic E-state index is 14.2. The normalized spacial score (nSPS) is 32.6. The number of nitrogens with one attached hydrogen (secondary N) is 2. The first kappa shape index (κ1) is 33.9. The highest BCUT2D eigenvalue weighted by molar-refractivity contribution is 6.01. The van der Waals surface area contributed by atoms with Gasteiger partial charge in [0.15, 0.2) is 11.6 Å². The number of ketones is 2. The van der Waals surface area contributed by atoms with Crippen molar-refractivity contribution in [1.82, 2.24) is 14.9 Å². The fourth-order valence-corrected chi connectivity index (χ4v) is 9.46. The summed E-state index contributed by atoms with van der Waals surface area (Å²) in [6.45, 7) is 24.7. The molecule has 1 saturated heterocycles. The maximum Gasteiger partial charge on any atom is 0.227 e. The molecule has 256 valence electrons. The summed E-state index contributed by atoms with van der Waals surface area (Å²) < 4.78 is 0. The Kier molecular flexibility index (Phi) is 8.76. The molecule has 6 atom stereocenters. The Morgan fingerprint density at radius 2 is 1.79 bits per heavy atom. The van der Waals surface area contributed by atoms with Gasteiger partial charge in [0, 0.05) is 55.7 Å². The van der Waals surface area contributed by atoms with Crippen LogP contribution < -0.4 is 15.5 Å². The van der Waals surface area contributed by atoms with Crippen molar-refractivity contribution in [2.24, 2.45) is 39.9 Å². The number of nitrogens with zero attached hydrogens (tertiary/aromatic N) is 4. The van der Waals surface area contributed by atoms with E-state index in [2.05, 4.69) is 101 Å². The van der Waals surface area contributed by atoms with Gasteiger partial charge >= 0.3 is 0 Å². The molecule has 8 nitrogen and oxygen atoms in total. The van der Waals surface area contributed by atoms with Crippen molar-refractivity contribution in [2.75, 3.05) is 54.8 Å². The number of Topliss-reactive ketones (excluding diaryl/α,β-unsaturated/α-hetero) is 1. The molecule has 4 aliphatic carbocycles. The maximum atomic E-state index is 14.2. The van der Waals surface area contributed by atoms with Gasteiger partial charge in [0.2, 0.25) is 5.95 Å². The minimum atomic E-state index is -0.149. The van der Waals surface area contributed by atoms with E-state index in [0.717, 1.165) is 70.0 Å². The number of rotatable bonds is 7. The van der Waals surface area contributed by atoms with E-state index >= 15 is 0 Å². The summed E-state index contributed by atoms with van der Waals surface area (Å²) in [6, 6.07) is 2.07. The Hall–Kier alpha value is -3.00. The third-order valence-electron chi connectivity index (χ3n) is 11.7. The second-order valence-corrected chi connectivity index (χ2v) is 17.9. The van der Waals surface area contributed by atoms with Gasteiger partial charge in [0.1, 0.15) is 11.6 Å². The summed E-state index contributed by atoms with van der Waals surface area (Å²) in [5, 5.41) is 6.99. The fourth-order valence-electron chi connectivity index (χ4n) is 9.46. The van der Waals surface area contributed by atoms with Crippen molar-refractivity contribution in [3.8, 4) is 0 Å². The Bertz CT molecular complexity index is 1490. The molecule has 0 amide bonds. The van der Waals surface area contributed by atoms with Crippen molar-refractivity contribution in [3.63, 3.8) is 0 Å². The molecule has 1 aromatic rings. The number of carbonyl (C=O) groups is 2. The average Bonchev–Trinajstić information content (AvgIpc) is 3.25. The lowest BCUT2D eigenvalue weighted by Gasteiger charge is -2.52. The molecule has 1 aliphatic heterocycles. The molecule has 0 spiro atoms. The molecule has 6 rings (SSSR count). The zero-order valence-electron chi connectivity index (χ0n) is 30.4. The zero-order valence-corrected chi connectivity index (χ0v) is 30.4. The van der Waals surface area contributed by atoms with Crippen LogP contribution in [0.1, 0.15) is 88.0 Å². The lowest BCUT2D eigenvalue weighted by Crippen LogP contribution is -2.51. The molecule has 1 aromatic heterocycles. The van der Waals surface area contributed by atoms with Gasteiger partial charge in [-0.1, -0.05) is 57.9 Å². The fraction of sp³-hybridized carbons (Fsp3) is 0.692. The highest BCUT2D eigenvalue weighted by Gasteiger charge is 2.59. The minimum absolute atomic E-state index is 0.00780. The van der Waals surface area contributed by atoms with Crippen molar-refractivity contribution in [2.45, 2.75) is 93.5 Å². The van der Waals surface area contributed by atoms with Crippen molar-refractivity contribution in [1.29, 1.82) is 0 Å². The van der Waals surface area contributed by atoms with Crippen LogP contribution in [-0.2, 0) is 9.59 Å². The molecule has 3 fully saturated rings. The third kappa shape index (κ3) is 6.81. The minimum Gasteiger partial charge on any atom is -0.369 e. The van der Waals surface area contributed by atoms with E-state index in [1.165, 1.54) is 11.1 Å². The molecule has 2 N–H and O–H groups in total. The summed E-state index contributed by atoms with van der Waals surface area (Å²) in [4.78, 5) is 40.8. The van der Waals surface area contributed by atoms with Crippen LogP contribution in [0.15, 0.2) is 41.5 Å². The quantitative estimate of drug-likeness (QED) is 0.310. The van der Waals surface area contributed by atoms with Crippen LogP contribution in [0.5, 0.6) is 0 Å². The molecule has 0 aromatic carbocycles. The number of hydrogen-bond acceptors (Lipinski definition) is 8. The van der Waals surface area contributed by atoms with Crippen LogP contribution in [-0.4, -0.2) is 71.2 Å². The molecular weight excluding hydrogens is 584 g/mol. The SMILES string of the molecule is C[C@@H]1C[C@H]2[C@@H]3CCC4=CC(=O)C=C[C@]4(C)C3=CC[C@]2(C)[C@H]1C(=O)CN1CCN(c2cc(NCC(C)(C)C)nc(NC(C)(C)C)n2)CC1. The van der Waals surface area contributed by atoms with Crippen LogP contribution in [0, 0.1) is 39.9 Å². The van der Waals surface area contributed by atoms with E-state index in [0.29, 0.717) is 36.0 Å². The highest BCUT2D eigenvalue weighted by atomic mass is 16.1. The van der Waals surface area contributed by atoms with Gasteiger partial charge in [-0.25, -0.2) is 0 Å². The standard InChI is InChI=1S/C39H58N6O2/c1-25-20-30-28-11-10-26-21-27(46)12-14-38(26,8)29(28)13-15-39(30,9)34(25)31(47)23-44-16-18-45(19-17-44)33-22-32(40-24-36(2,3)4)41-35(42-33)43-37(5,6)7/h12-14,21-22,25,28,30,34H,10-11,15-20,23-24H2,1-9H3,(H2,40,41,42,43)/t25-,28-,30+,34-,38+,39+/m1/s1. The number of aromatic nitrogens is 2. The molecule has 2 saturated carbocycles. The van der Waals surface area contributed by atoms with E-state index in [1.807, 2.05) is 6.08 Å². The molecule has 2 heterocycles. The van der Waals surface area contributed by atoms with E-state index < -0.39 is 0 Å². The molecule has 8 heteroatoms. The molecule has 0 radical (unpaired) electrons. The van der Waals surface area contributed by atoms with Crippen LogP contribution >= 0.6 is 0 Å². The summed E-state index contributed by atoms with van der Waals surface area (Å²) >= 11 is 0. The van der Waals surface area contributed by atoms with Gasteiger partial charge in [0.05, 0.1) is 6.54 Å². The topological polar surface area (TPSA) is 90.5 Å². The van der Waals surface area contributed by atoms with Gasteiger partial charge in [-0.3, -0.25) is 14.5 Å². The molecular formula is C39H58N6O2. The Balaban J connectivity index is 1.12. The average molecular weight is 643 g/mol. The predicted molar refractivity (Wildman–Crippen MR) is 192 cm³/mol. The van der Waals surface area contributed by atoms with Crippen molar-refractivity contribution < 1.29 is 9.59 Å². The number of hydrogen-bond donors (Lipinski definition) is 2. The van der Waals surface area contributed by atoms with E-state index in [9.17, 15) is 9.59 Å². The molecule has 0 unspecified atom stereocenters. The Morgan fingerprint density at radius 3 is 2.47 bits per heavy atom. The van der Waals surface area contributed by atoms with Crippen molar-refractivity contribution in [3.05, 3.63) is 41.5 Å². The van der Waals surface area contributed by atoms with Gasteiger partial charge < -0.3 is 15.5 Å². The molecule has 47 heavy (non-hydrogen) atoms. The van der Waals surface area contributed by atoms with Gasteiger partial charge in [-0.15, -0.1) is 0 Å². The number of carbonyl (C=O) groups excluding carboxylic acids is 2. The largest absolute Gasteiger partial charge is 0.369 e. The van der Waals surface area contributed by atoms with Crippen LogP contribution in [0.4, 0.5) is 17.6 Å². The van der Waals surface area contributed by atoms with E-state index in [1.54, 1.807) is 6.08 Å². The lowest BCUT2D eigenvalue weighted by molar-refractivity contribution is -0.129. The number of piperazine rings is 1. The number of anilines is 3. The smallest absolute Gasteiger partial charge is 0.227 e. The second-order valence-electron chi connectivity index (χ2n) is 17.9. The number of fused-ring (bicyclic) bond motifs is 5. The highest BCUT2D eigenvalue weighted by Crippen LogP contribution is 2.65. The van der Waals surface area contributed by atoms with Gasteiger partial charge in [0.25, 0.3) is 0 Å². The summed E-state index contributed by atoms with van der Waals surface area (Å²) in [6.07, 6.45) is 12.4. The molecule has 0 bridgehead atoms. The Morgan fingerprint density at radius 1 is 1.06 bits per heavy atom. The number of allylic oxidation sites excluding steroid dienone is 6. The monoisotopic (exact) mass is 642 g/mol. The predicted octanol–water partition coefficient (Wildman–Crippen LogP) is 6.93. The first-order valence-corrected chi connectivity index (χ1v) is 18.0. The van der Waals surface area contributed by atoms with Gasteiger partial charge in [-0.2, -0.15) is 9.97 Å². The van der Waals surface area contributed by atoms with E-state index in [4.69, 9.17) is 9.97 Å². The van der Waals surface area contributed by atoms with E-state index in [-0.39, 0.29) is 33.5 Å². The molecule has 5 aliphatic rings. The third-order valence-corrected chi connectivity index (χ3v) is 11.7. The first-order chi connectivity index (χ1) is 21.9. The van der Waals surface area contributed by atoms with Crippen molar-refractivity contribution >= 4 is 29.2 Å². The lowest BCUT2D eigenvalue weighted by atomic mass is 9.52. The van der Waals surface area contributed by atoms with Crippen LogP contribution in [0.3, 0.4) is 0 Å². The van der Waals surface area contributed by atoms with Crippen LogP contribution in [0.2, 0.25) is 0 Å². The van der Waals surface area contributed by atoms with Crippen LogP contribution in [0.25, 0.3) is 0 Å².